The lowest BCUT2D eigenvalue weighted by Gasteiger charge is -2.15. The number of hydrogen-bond donors (Lipinski definition) is 1. The zero-order valence-electron chi connectivity index (χ0n) is 14.0. The van der Waals surface area contributed by atoms with E-state index in [0.29, 0.717) is 5.92 Å². The van der Waals surface area contributed by atoms with Gasteiger partial charge in [-0.15, -0.1) is 0 Å². The van der Waals surface area contributed by atoms with E-state index in [-0.39, 0.29) is 0 Å². The van der Waals surface area contributed by atoms with Crippen molar-refractivity contribution in [2.75, 3.05) is 6.61 Å². The number of ether oxygens (including phenoxy) is 1. The Balaban J connectivity index is 0. The molecule has 0 heterocycles. The van der Waals surface area contributed by atoms with Crippen molar-refractivity contribution in [1.82, 2.24) is 0 Å². The van der Waals surface area contributed by atoms with Gasteiger partial charge in [0, 0.05) is 0 Å². The molecule has 0 radical (unpaired) electrons. The lowest BCUT2D eigenvalue weighted by molar-refractivity contribution is 0.233. The molecule has 1 atom stereocenters. The van der Waals surface area contributed by atoms with Gasteiger partial charge in [-0.1, -0.05) is 64.7 Å². The van der Waals surface area contributed by atoms with Crippen molar-refractivity contribution in [2.24, 2.45) is 5.92 Å². The lowest BCUT2D eigenvalue weighted by atomic mass is 10.0. The normalized spacial score (nSPS) is 10.4. The third-order valence-corrected chi connectivity index (χ3v) is 3.05. The zero-order valence-corrected chi connectivity index (χ0v) is 14.0. The van der Waals surface area contributed by atoms with Crippen LogP contribution in [0.5, 0.6) is 5.75 Å². The summed E-state index contributed by atoms with van der Waals surface area (Å²) in [5.74, 6) is 1.71. The zero-order chi connectivity index (χ0) is 15.8. The van der Waals surface area contributed by atoms with Gasteiger partial charge in [0.25, 0.3) is 0 Å². The van der Waals surface area contributed by atoms with E-state index < -0.39 is 0 Å². The first kappa shape index (κ1) is 21.0. The highest BCUT2D eigenvalue weighted by atomic mass is 16.5. The van der Waals surface area contributed by atoms with E-state index >= 15 is 0 Å². The Kier molecular flexibility index (Phi) is 16.5. The van der Waals surface area contributed by atoms with Crippen LogP contribution in [-0.4, -0.2) is 13.3 Å². The predicted octanol–water partition coefficient (Wildman–Crippen LogP) is 5.88. The van der Waals surface area contributed by atoms with Gasteiger partial charge in [-0.2, -0.15) is 0 Å². The SMILES string of the molecule is C=N.CC.CCCCC(CC)COc1ccc(C)cc1. The molecule has 20 heavy (non-hydrogen) atoms. The van der Waals surface area contributed by atoms with Gasteiger partial charge in [-0.3, -0.25) is 0 Å². The number of aryl methyl sites for hydroxylation is 1. The molecule has 116 valence electrons. The van der Waals surface area contributed by atoms with Crippen LogP contribution >= 0.6 is 0 Å². The Hall–Kier alpha value is -1.31. The lowest BCUT2D eigenvalue weighted by Crippen LogP contribution is -2.11. The van der Waals surface area contributed by atoms with Crippen molar-refractivity contribution in [3.8, 4) is 5.75 Å². The summed E-state index contributed by atoms with van der Waals surface area (Å²) < 4.78 is 5.81. The van der Waals surface area contributed by atoms with Gasteiger partial charge in [0.05, 0.1) is 6.61 Å². The summed E-state index contributed by atoms with van der Waals surface area (Å²) in [4.78, 5) is 0. The molecule has 1 N–H and O–H groups in total. The number of nitrogens with one attached hydrogen (secondary N) is 1. The Morgan fingerprint density at radius 1 is 1.10 bits per heavy atom. The summed E-state index contributed by atoms with van der Waals surface area (Å²) in [7, 11) is 0. The first-order valence-corrected chi connectivity index (χ1v) is 7.81. The van der Waals surface area contributed by atoms with Crippen molar-refractivity contribution in [3.63, 3.8) is 0 Å². The molecule has 0 aliphatic carbocycles. The Labute approximate surface area is 126 Å². The molecule has 1 aromatic rings. The number of rotatable bonds is 7. The van der Waals surface area contributed by atoms with Crippen molar-refractivity contribution in [2.45, 2.75) is 60.3 Å². The molecule has 1 rings (SSSR count). The molecular weight excluding hydrogens is 246 g/mol. The van der Waals surface area contributed by atoms with E-state index in [1.165, 1.54) is 31.2 Å². The number of unbranched alkanes of at least 4 members (excludes halogenated alkanes) is 1. The second kappa shape index (κ2) is 15.7. The first-order chi connectivity index (χ1) is 9.76. The molecule has 0 amide bonds. The summed E-state index contributed by atoms with van der Waals surface area (Å²) in [6.07, 6.45) is 5.10. The van der Waals surface area contributed by atoms with Gasteiger partial charge < -0.3 is 10.1 Å². The number of hydrogen-bond acceptors (Lipinski definition) is 2. The largest absolute Gasteiger partial charge is 0.493 e. The fourth-order valence-electron chi connectivity index (χ4n) is 1.75. The molecule has 0 aromatic heterocycles. The van der Waals surface area contributed by atoms with Gasteiger partial charge in [0.2, 0.25) is 0 Å². The van der Waals surface area contributed by atoms with Crippen LogP contribution in [0.1, 0.15) is 58.9 Å². The van der Waals surface area contributed by atoms with E-state index in [0.717, 1.165) is 12.4 Å². The van der Waals surface area contributed by atoms with Crippen LogP contribution in [0.2, 0.25) is 0 Å². The van der Waals surface area contributed by atoms with Gasteiger partial charge >= 0.3 is 0 Å². The van der Waals surface area contributed by atoms with Gasteiger partial charge in [0.15, 0.2) is 0 Å². The molecule has 2 nitrogen and oxygen atoms in total. The van der Waals surface area contributed by atoms with Crippen LogP contribution in [0.4, 0.5) is 0 Å². The molecular formula is C18H33NO. The third-order valence-electron chi connectivity index (χ3n) is 3.05. The molecule has 2 heteroatoms. The molecule has 1 unspecified atom stereocenters. The first-order valence-electron chi connectivity index (χ1n) is 7.81. The van der Waals surface area contributed by atoms with Crippen LogP contribution in [0.25, 0.3) is 0 Å². The van der Waals surface area contributed by atoms with Crippen LogP contribution in [0, 0.1) is 18.3 Å². The van der Waals surface area contributed by atoms with Crippen LogP contribution in [0.15, 0.2) is 24.3 Å². The Morgan fingerprint density at radius 2 is 1.65 bits per heavy atom. The highest BCUT2D eigenvalue weighted by Gasteiger charge is 2.06. The summed E-state index contributed by atoms with van der Waals surface area (Å²) in [5.41, 5.74) is 1.28. The molecule has 1 aromatic carbocycles. The summed E-state index contributed by atoms with van der Waals surface area (Å²) in [6, 6.07) is 8.31. The molecule has 0 saturated carbocycles. The molecule has 0 aliphatic heterocycles. The maximum absolute atomic E-state index is 5.81. The van der Waals surface area contributed by atoms with Gasteiger partial charge in [-0.05, 0) is 38.1 Å². The molecule has 0 fully saturated rings. The topological polar surface area (TPSA) is 33.1 Å². The molecule has 0 bridgehead atoms. The minimum Gasteiger partial charge on any atom is -0.493 e. The maximum atomic E-state index is 5.81. The molecule has 0 aliphatic rings. The Morgan fingerprint density at radius 3 is 2.10 bits per heavy atom. The predicted molar refractivity (Wildman–Crippen MR) is 91.2 cm³/mol. The minimum atomic E-state index is 0.709. The highest BCUT2D eigenvalue weighted by molar-refractivity contribution is 5.26. The minimum absolute atomic E-state index is 0.709. The summed E-state index contributed by atoms with van der Waals surface area (Å²) in [5, 5.41) is 5.50. The Bertz CT molecular complexity index is 295. The van der Waals surface area contributed by atoms with Crippen molar-refractivity contribution < 1.29 is 4.74 Å². The van der Waals surface area contributed by atoms with Gasteiger partial charge in [-0.25, -0.2) is 0 Å². The van der Waals surface area contributed by atoms with Crippen LogP contribution < -0.4 is 4.74 Å². The monoisotopic (exact) mass is 279 g/mol. The van der Waals surface area contributed by atoms with E-state index in [1.807, 2.05) is 13.8 Å². The fourth-order valence-corrected chi connectivity index (χ4v) is 1.75. The van der Waals surface area contributed by atoms with Gasteiger partial charge in [0.1, 0.15) is 5.75 Å². The average molecular weight is 279 g/mol. The second-order valence-corrected chi connectivity index (χ2v) is 4.54. The summed E-state index contributed by atoms with van der Waals surface area (Å²) >= 11 is 0. The quantitative estimate of drug-likeness (QED) is 0.621. The van der Waals surface area contributed by atoms with Crippen molar-refractivity contribution in [1.29, 1.82) is 5.41 Å². The second-order valence-electron chi connectivity index (χ2n) is 4.54. The smallest absolute Gasteiger partial charge is 0.119 e. The summed E-state index contributed by atoms with van der Waals surface area (Å²) in [6.45, 7) is 14.0. The average Bonchev–Trinajstić information content (AvgIpc) is 2.53. The van der Waals surface area contributed by atoms with E-state index in [1.54, 1.807) is 0 Å². The van der Waals surface area contributed by atoms with Crippen LogP contribution in [0.3, 0.4) is 0 Å². The van der Waals surface area contributed by atoms with Crippen molar-refractivity contribution >= 4 is 6.72 Å². The van der Waals surface area contributed by atoms with Crippen molar-refractivity contribution in [3.05, 3.63) is 29.8 Å². The highest BCUT2D eigenvalue weighted by Crippen LogP contribution is 2.16. The van der Waals surface area contributed by atoms with E-state index in [2.05, 4.69) is 51.8 Å². The molecule has 0 saturated heterocycles. The van der Waals surface area contributed by atoms with E-state index in [9.17, 15) is 0 Å². The standard InChI is InChI=1S/C15H24O.C2H6.CH3N/c1-4-6-7-14(5-2)12-16-15-10-8-13(3)9-11-15;2*1-2/h8-11,14H,4-7,12H2,1-3H3;1-2H3;2H,1H2. The third kappa shape index (κ3) is 10.6. The maximum Gasteiger partial charge on any atom is 0.119 e. The molecule has 0 spiro atoms. The number of benzene rings is 1. The van der Waals surface area contributed by atoms with E-state index in [4.69, 9.17) is 10.1 Å². The fraction of sp³-hybridized carbons (Fsp3) is 0.611. The van der Waals surface area contributed by atoms with Crippen LogP contribution in [-0.2, 0) is 0 Å².